The van der Waals surface area contributed by atoms with Crippen molar-refractivity contribution in [3.8, 4) is 10.6 Å². The van der Waals surface area contributed by atoms with Gasteiger partial charge in [0.2, 0.25) is 5.91 Å². The lowest BCUT2D eigenvalue weighted by Gasteiger charge is -2.14. The number of aromatic nitrogens is 2. The zero-order valence-corrected chi connectivity index (χ0v) is 12.6. The summed E-state index contributed by atoms with van der Waals surface area (Å²) in [4.78, 5) is 33.3. The average molecular weight is 317 g/mol. The van der Waals surface area contributed by atoms with Crippen molar-refractivity contribution >= 4 is 23.2 Å². The molecule has 114 valence electrons. The normalized spacial score (nSPS) is 17.6. The highest BCUT2D eigenvalue weighted by Gasteiger charge is 2.30. The predicted molar refractivity (Wildman–Crippen MR) is 81.4 cm³/mol. The first-order valence-electron chi connectivity index (χ1n) is 6.99. The molecule has 0 bridgehead atoms. The summed E-state index contributed by atoms with van der Waals surface area (Å²) in [6, 6.07) is 3.77. The minimum atomic E-state index is -0.831. The molecule has 0 aliphatic carbocycles. The second-order valence-electron chi connectivity index (χ2n) is 5.23. The molecule has 3 heterocycles. The maximum Gasteiger partial charge on any atom is 0.308 e. The van der Waals surface area contributed by atoms with Crippen LogP contribution in [0.1, 0.15) is 12.1 Å². The van der Waals surface area contributed by atoms with Crippen molar-refractivity contribution < 1.29 is 14.7 Å². The number of rotatable bonds is 4. The van der Waals surface area contributed by atoms with Gasteiger partial charge in [-0.3, -0.25) is 14.6 Å². The molecule has 0 saturated carbocycles. The van der Waals surface area contributed by atoms with E-state index >= 15 is 0 Å². The zero-order chi connectivity index (χ0) is 15.5. The Bertz CT molecular complexity index is 686. The van der Waals surface area contributed by atoms with Gasteiger partial charge in [-0.1, -0.05) is 0 Å². The third kappa shape index (κ3) is 3.14. The molecule has 0 radical (unpaired) electrons. The van der Waals surface area contributed by atoms with Gasteiger partial charge in [0.05, 0.1) is 18.0 Å². The first-order chi connectivity index (χ1) is 10.6. The zero-order valence-electron chi connectivity index (χ0n) is 11.8. The Morgan fingerprint density at radius 1 is 1.45 bits per heavy atom. The highest BCUT2D eigenvalue weighted by molar-refractivity contribution is 7.13. The SMILES string of the molecule is O=C(O)[C@H]1CCN(C(=O)Cc2csc(-c3cccnc3)n2)C1. The molecule has 3 rings (SSSR count). The topological polar surface area (TPSA) is 83.4 Å². The largest absolute Gasteiger partial charge is 0.481 e. The van der Waals surface area contributed by atoms with E-state index in [0.717, 1.165) is 10.6 Å². The van der Waals surface area contributed by atoms with Gasteiger partial charge in [-0.25, -0.2) is 4.98 Å². The van der Waals surface area contributed by atoms with E-state index in [1.807, 2.05) is 17.5 Å². The first-order valence-corrected chi connectivity index (χ1v) is 7.87. The third-order valence-corrected chi connectivity index (χ3v) is 4.62. The van der Waals surface area contributed by atoms with Gasteiger partial charge >= 0.3 is 5.97 Å². The van der Waals surface area contributed by atoms with Gasteiger partial charge in [-0.15, -0.1) is 11.3 Å². The fourth-order valence-electron chi connectivity index (χ4n) is 2.47. The lowest BCUT2D eigenvalue weighted by molar-refractivity contribution is -0.141. The van der Waals surface area contributed by atoms with Crippen LogP contribution in [0.5, 0.6) is 0 Å². The van der Waals surface area contributed by atoms with Crippen LogP contribution in [0.4, 0.5) is 0 Å². The summed E-state index contributed by atoms with van der Waals surface area (Å²) >= 11 is 1.48. The predicted octanol–water partition coefficient (Wildman–Crippen LogP) is 1.68. The van der Waals surface area contributed by atoms with Crippen molar-refractivity contribution in [1.82, 2.24) is 14.9 Å². The summed E-state index contributed by atoms with van der Waals surface area (Å²) in [7, 11) is 0. The maximum absolute atomic E-state index is 12.2. The fourth-order valence-corrected chi connectivity index (χ4v) is 3.28. The third-order valence-electron chi connectivity index (χ3n) is 3.68. The molecule has 1 fully saturated rings. The smallest absolute Gasteiger partial charge is 0.308 e. The Morgan fingerprint density at radius 2 is 2.32 bits per heavy atom. The van der Waals surface area contributed by atoms with Crippen molar-refractivity contribution in [3.05, 3.63) is 35.6 Å². The Labute approximate surface area is 131 Å². The average Bonchev–Trinajstić information content (AvgIpc) is 3.17. The molecule has 2 aromatic rings. The molecule has 0 aromatic carbocycles. The number of hydrogen-bond donors (Lipinski definition) is 1. The Hall–Kier alpha value is -2.28. The molecule has 0 unspecified atom stereocenters. The number of carbonyl (C=O) groups is 2. The number of carboxylic acid groups (broad SMARTS) is 1. The molecule has 7 heteroatoms. The van der Waals surface area contributed by atoms with Gasteiger partial charge in [0.1, 0.15) is 5.01 Å². The molecule has 1 saturated heterocycles. The number of pyridine rings is 1. The van der Waals surface area contributed by atoms with Gasteiger partial charge in [0.15, 0.2) is 0 Å². The summed E-state index contributed by atoms with van der Waals surface area (Å²) in [5, 5.41) is 11.7. The second kappa shape index (κ2) is 6.23. The van der Waals surface area contributed by atoms with Crippen LogP contribution in [0.25, 0.3) is 10.6 Å². The number of nitrogens with zero attached hydrogens (tertiary/aromatic N) is 3. The maximum atomic E-state index is 12.2. The van der Waals surface area contributed by atoms with Crippen LogP contribution in [-0.2, 0) is 16.0 Å². The molecule has 6 nitrogen and oxygen atoms in total. The molecule has 22 heavy (non-hydrogen) atoms. The highest BCUT2D eigenvalue weighted by atomic mass is 32.1. The highest BCUT2D eigenvalue weighted by Crippen LogP contribution is 2.24. The van der Waals surface area contributed by atoms with Crippen molar-refractivity contribution in [2.45, 2.75) is 12.8 Å². The monoisotopic (exact) mass is 317 g/mol. The number of hydrogen-bond acceptors (Lipinski definition) is 5. The molecule has 1 aliphatic rings. The number of carboxylic acids is 1. The second-order valence-corrected chi connectivity index (χ2v) is 6.08. The summed E-state index contributed by atoms with van der Waals surface area (Å²) in [6.45, 7) is 0.809. The van der Waals surface area contributed by atoms with Crippen LogP contribution in [-0.4, -0.2) is 44.9 Å². The molecular weight excluding hydrogens is 302 g/mol. The van der Waals surface area contributed by atoms with Crippen LogP contribution in [0.2, 0.25) is 0 Å². The van der Waals surface area contributed by atoms with Crippen LogP contribution < -0.4 is 0 Å². The van der Waals surface area contributed by atoms with Crippen molar-refractivity contribution in [1.29, 1.82) is 0 Å². The van der Waals surface area contributed by atoms with E-state index in [4.69, 9.17) is 5.11 Å². The minimum Gasteiger partial charge on any atom is -0.481 e. The first kappa shape index (κ1) is 14.6. The van der Waals surface area contributed by atoms with Crippen molar-refractivity contribution in [2.24, 2.45) is 5.92 Å². The van der Waals surface area contributed by atoms with Crippen LogP contribution >= 0.6 is 11.3 Å². The van der Waals surface area contributed by atoms with E-state index in [9.17, 15) is 9.59 Å². The molecule has 1 amide bonds. The summed E-state index contributed by atoms with van der Waals surface area (Å²) in [5.41, 5.74) is 1.64. The van der Waals surface area contributed by atoms with Gasteiger partial charge in [0.25, 0.3) is 0 Å². The van der Waals surface area contributed by atoms with E-state index in [1.54, 1.807) is 17.3 Å². The number of likely N-dealkylation sites (tertiary alicyclic amines) is 1. The quantitative estimate of drug-likeness (QED) is 0.927. The van der Waals surface area contributed by atoms with Gasteiger partial charge in [0, 0.05) is 36.4 Å². The minimum absolute atomic E-state index is 0.0632. The number of aliphatic carboxylic acids is 1. The molecule has 1 N–H and O–H groups in total. The van der Waals surface area contributed by atoms with Crippen molar-refractivity contribution in [2.75, 3.05) is 13.1 Å². The Morgan fingerprint density at radius 3 is 3.00 bits per heavy atom. The lowest BCUT2D eigenvalue weighted by atomic mass is 10.1. The molecule has 0 spiro atoms. The van der Waals surface area contributed by atoms with Crippen molar-refractivity contribution in [3.63, 3.8) is 0 Å². The van der Waals surface area contributed by atoms with Crippen LogP contribution in [0.15, 0.2) is 29.9 Å². The lowest BCUT2D eigenvalue weighted by Crippen LogP contribution is -2.31. The van der Waals surface area contributed by atoms with Gasteiger partial charge in [-0.2, -0.15) is 0 Å². The van der Waals surface area contributed by atoms with Gasteiger partial charge < -0.3 is 10.0 Å². The van der Waals surface area contributed by atoms with E-state index in [1.165, 1.54) is 11.3 Å². The van der Waals surface area contributed by atoms with Gasteiger partial charge in [-0.05, 0) is 18.6 Å². The summed E-state index contributed by atoms with van der Waals surface area (Å²) in [5.74, 6) is -1.33. The standard InChI is InChI=1S/C15H15N3O3S/c19-13(18-5-3-11(8-18)15(20)21)6-12-9-22-14(17-12)10-2-1-4-16-7-10/h1-2,4,7,9,11H,3,5-6,8H2,(H,20,21)/t11-/m0/s1. The molecule has 1 atom stereocenters. The Kier molecular flexibility index (Phi) is 4.15. The Balaban J connectivity index is 1.63. The van der Waals surface area contributed by atoms with E-state index in [-0.39, 0.29) is 12.3 Å². The number of amides is 1. The number of thiazole rings is 1. The van der Waals surface area contributed by atoms with Crippen LogP contribution in [0, 0.1) is 5.92 Å². The van der Waals surface area contributed by atoms with E-state index in [0.29, 0.717) is 25.2 Å². The van der Waals surface area contributed by atoms with Crippen LogP contribution in [0.3, 0.4) is 0 Å². The van der Waals surface area contributed by atoms with E-state index < -0.39 is 11.9 Å². The summed E-state index contributed by atoms with van der Waals surface area (Å²) in [6.07, 6.45) is 4.18. The number of carbonyl (C=O) groups excluding carboxylic acids is 1. The fraction of sp³-hybridized carbons (Fsp3) is 0.333. The molecular formula is C15H15N3O3S. The summed E-state index contributed by atoms with van der Waals surface area (Å²) < 4.78 is 0. The van der Waals surface area contributed by atoms with E-state index in [2.05, 4.69) is 9.97 Å². The molecule has 2 aromatic heterocycles. The molecule has 1 aliphatic heterocycles.